The van der Waals surface area contributed by atoms with Crippen molar-refractivity contribution in [2.75, 3.05) is 11.5 Å². The zero-order valence-electron chi connectivity index (χ0n) is 21.5. The molecular weight excluding hydrogens is 510 g/mol. The van der Waals surface area contributed by atoms with Crippen LogP contribution in [-0.2, 0) is 14.3 Å². The van der Waals surface area contributed by atoms with Gasteiger partial charge in [-0.1, -0.05) is 60.2 Å². The lowest BCUT2D eigenvalue weighted by Crippen LogP contribution is -2.48. The van der Waals surface area contributed by atoms with Gasteiger partial charge in [0.2, 0.25) is 5.91 Å². The van der Waals surface area contributed by atoms with E-state index in [4.69, 9.17) is 4.74 Å². The van der Waals surface area contributed by atoms with E-state index in [2.05, 4.69) is 10.9 Å². The molecule has 0 radical (unpaired) electrons. The maximum atomic E-state index is 13.0. The predicted molar refractivity (Wildman–Crippen MR) is 148 cm³/mol. The van der Waals surface area contributed by atoms with Crippen molar-refractivity contribution < 1.29 is 28.7 Å². The summed E-state index contributed by atoms with van der Waals surface area (Å²) >= 11 is 0. The SMILES string of the molecule is Cc1ccc(C(=O)COC(=O)c2ccc(N3C(=O)CC(NNC(=O)c4ccc5ccccc5c4)C3=O)cc2)cc1. The number of ether oxygens (including phenoxy) is 1. The molecule has 1 aliphatic heterocycles. The third kappa shape index (κ3) is 5.64. The van der Waals surface area contributed by atoms with Gasteiger partial charge in [-0.25, -0.2) is 15.1 Å². The molecule has 3 amide bonds. The van der Waals surface area contributed by atoms with Crippen molar-refractivity contribution in [1.82, 2.24) is 10.9 Å². The molecule has 0 bridgehead atoms. The van der Waals surface area contributed by atoms with Crippen LogP contribution in [0, 0.1) is 6.92 Å². The summed E-state index contributed by atoms with van der Waals surface area (Å²) in [4.78, 5) is 63.9. The van der Waals surface area contributed by atoms with E-state index in [1.807, 2.05) is 37.3 Å². The summed E-state index contributed by atoms with van der Waals surface area (Å²) < 4.78 is 5.13. The summed E-state index contributed by atoms with van der Waals surface area (Å²) in [5.74, 6) is -2.47. The monoisotopic (exact) mass is 535 g/mol. The maximum Gasteiger partial charge on any atom is 0.338 e. The van der Waals surface area contributed by atoms with E-state index in [1.165, 1.54) is 24.3 Å². The molecule has 0 saturated carbocycles. The second-order valence-corrected chi connectivity index (χ2v) is 9.40. The number of benzene rings is 4. The minimum absolute atomic E-state index is 0.151. The van der Waals surface area contributed by atoms with Crippen molar-refractivity contribution in [1.29, 1.82) is 0 Å². The van der Waals surface area contributed by atoms with Crippen LogP contribution in [0.2, 0.25) is 0 Å². The Balaban J connectivity index is 1.17. The largest absolute Gasteiger partial charge is 0.454 e. The summed E-state index contributed by atoms with van der Waals surface area (Å²) in [6.07, 6.45) is -0.151. The molecule has 9 heteroatoms. The number of hydrogen-bond donors (Lipinski definition) is 2. The lowest BCUT2D eigenvalue weighted by Gasteiger charge is -2.16. The second kappa shape index (κ2) is 11.3. The zero-order valence-corrected chi connectivity index (χ0v) is 21.5. The maximum absolute atomic E-state index is 13.0. The number of ketones is 1. The number of hydrogen-bond acceptors (Lipinski definition) is 7. The van der Waals surface area contributed by atoms with Crippen LogP contribution in [0.3, 0.4) is 0 Å². The van der Waals surface area contributed by atoms with Crippen LogP contribution in [0.1, 0.15) is 43.1 Å². The molecular formula is C31H25N3O6. The predicted octanol–water partition coefficient (Wildman–Crippen LogP) is 3.75. The Kier molecular flexibility index (Phi) is 7.48. The van der Waals surface area contributed by atoms with Gasteiger partial charge in [-0.3, -0.25) is 24.6 Å². The molecule has 0 aromatic heterocycles. The molecule has 4 aromatic rings. The molecule has 1 aliphatic rings. The Bertz CT molecular complexity index is 1630. The summed E-state index contributed by atoms with van der Waals surface area (Å²) in [6.45, 7) is 1.49. The Morgan fingerprint density at radius 2 is 1.48 bits per heavy atom. The number of anilines is 1. The number of fused-ring (bicyclic) bond motifs is 1. The number of aryl methyl sites for hydroxylation is 1. The van der Waals surface area contributed by atoms with Crippen LogP contribution >= 0.6 is 0 Å². The first-order valence-electron chi connectivity index (χ1n) is 12.6. The molecule has 1 atom stereocenters. The quantitative estimate of drug-likeness (QED) is 0.153. The van der Waals surface area contributed by atoms with Crippen LogP contribution < -0.4 is 15.8 Å². The summed E-state index contributed by atoms with van der Waals surface area (Å²) in [7, 11) is 0. The number of carbonyl (C=O) groups is 5. The third-order valence-electron chi connectivity index (χ3n) is 6.59. The van der Waals surface area contributed by atoms with E-state index in [9.17, 15) is 24.0 Å². The average Bonchev–Trinajstić information content (AvgIpc) is 3.26. The van der Waals surface area contributed by atoms with Crippen LogP contribution in [0.4, 0.5) is 5.69 Å². The first-order chi connectivity index (χ1) is 19.3. The number of esters is 1. The van der Waals surface area contributed by atoms with E-state index in [0.29, 0.717) is 11.1 Å². The van der Waals surface area contributed by atoms with Crippen LogP contribution in [0.5, 0.6) is 0 Å². The highest BCUT2D eigenvalue weighted by Crippen LogP contribution is 2.23. The van der Waals surface area contributed by atoms with Gasteiger partial charge in [-0.2, -0.15) is 0 Å². The first kappa shape index (κ1) is 26.5. The molecule has 200 valence electrons. The van der Waals surface area contributed by atoms with Gasteiger partial charge in [0.05, 0.1) is 17.7 Å². The van der Waals surface area contributed by atoms with Gasteiger partial charge in [0.15, 0.2) is 12.4 Å². The summed E-state index contributed by atoms with van der Waals surface area (Å²) in [5.41, 5.74) is 7.47. The smallest absolute Gasteiger partial charge is 0.338 e. The van der Waals surface area contributed by atoms with Crippen LogP contribution in [0.15, 0.2) is 91.0 Å². The van der Waals surface area contributed by atoms with Gasteiger partial charge in [-0.05, 0) is 54.1 Å². The Morgan fingerprint density at radius 3 is 2.20 bits per heavy atom. The standard InChI is InChI=1S/C31H25N3O6/c1-19-6-8-21(9-7-19)27(35)18-40-31(39)22-12-14-25(15-13-22)34-28(36)17-26(30(34)38)32-33-29(37)24-11-10-20-4-2-3-5-23(20)16-24/h2-16,26,32H,17-18H2,1H3,(H,33,37). The molecule has 5 rings (SSSR count). The Hall–Kier alpha value is -5.15. The molecule has 0 aliphatic carbocycles. The average molecular weight is 536 g/mol. The van der Waals surface area contributed by atoms with Crippen LogP contribution in [0.25, 0.3) is 10.8 Å². The topological polar surface area (TPSA) is 122 Å². The number of nitrogens with zero attached hydrogens (tertiary/aromatic N) is 1. The number of amides is 3. The van der Waals surface area contributed by atoms with Crippen LogP contribution in [-0.4, -0.2) is 42.1 Å². The van der Waals surface area contributed by atoms with Crippen molar-refractivity contribution in [2.24, 2.45) is 0 Å². The highest BCUT2D eigenvalue weighted by Gasteiger charge is 2.39. The van der Waals surface area contributed by atoms with Gasteiger partial charge < -0.3 is 4.74 Å². The number of Topliss-reactive ketones (excluding diaryl/α,β-unsaturated/α-hetero) is 1. The Labute approximate surface area is 229 Å². The molecule has 40 heavy (non-hydrogen) atoms. The fourth-order valence-corrected chi connectivity index (χ4v) is 4.36. The number of rotatable bonds is 8. The fraction of sp³-hybridized carbons (Fsp3) is 0.129. The van der Waals surface area contributed by atoms with Gasteiger partial charge in [-0.15, -0.1) is 0 Å². The lowest BCUT2D eigenvalue weighted by atomic mass is 10.1. The molecule has 1 saturated heterocycles. The molecule has 2 N–H and O–H groups in total. The van der Waals surface area contributed by atoms with Crippen molar-refractivity contribution in [3.8, 4) is 0 Å². The summed E-state index contributed by atoms with van der Waals surface area (Å²) in [6, 6.07) is 24.6. The zero-order chi connectivity index (χ0) is 28.2. The molecule has 4 aromatic carbocycles. The lowest BCUT2D eigenvalue weighted by molar-refractivity contribution is -0.121. The van der Waals surface area contributed by atoms with Gasteiger partial charge in [0, 0.05) is 11.1 Å². The minimum atomic E-state index is -0.950. The van der Waals surface area contributed by atoms with Crippen molar-refractivity contribution in [3.05, 3.63) is 113 Å². The highest BCUT2D eigenvalue weighted by molar-refractivity contribution is 6.22. The van der Waals surface area contributed by atoms with E-state index in [-0.39, 0.29) is 23.5 Å². The van der Waals surface area contributed by atoms with E-state index in [0.717, 1.165) is 21.2 Å². The van der Waals surface area contributed by atoms with Crippen molar-refractivity contribution in [3.63, 3.8) is 0 Å². The van der Waals surface area contributed by atoms with Gasteiger partial charge in [0.25, 0.3) is 11.8 Å². The van der Waals surface area contributed by atoms with E-state index >= 15 is 0 Å². The highest BCUT2D eigenvalue weighted by atomic mass is 16.5. The molecule has 0 spiro atoms. The van der Waals surface area contributed by atoms with E-state index < -0.39 is 36.3 Å². The molecule has 9 nitrogen and oxygen atoms in total. The molecule has 1 fully saturated rings. The van der Waals surface area contributed by atoms with Gasteiger partial charge >= 0.3 is 5.97 Å². The Morgan fingerprint density at radius 1 is 0.825 bits per heavy atom. The number of imide groups is 1. The second-order valence-electron chi connectivity index (χ2n) is 9.40. The third-order valence-corrected chi connectivity index (χ3v) is 6.59. The minimum Gasteiger partial charge on any atom is -0.454 e. The van der Waals surface area contributed by atoms with Crippen molar-refractivity contribution in [2.45, 2.75) is 19.4 Å². The molecule has 1 heterocycles. The number of carbonyl (C=O) groups excluding carboxylic acids is 5. The number of hydrazine groups is 1. The van der Waals surface area contributed by atoms with Gasteiger partial charge in [0.1, 0.15) is 6.04 Å². The van der Waals surface area contributed by atoms with E-state index in [1.54, 1.807) is 36.4 Å². The number of nitrogens with one attached hydrogen (secondary N) is 2. The van der Waals surface area contributed by atoms with Crippen molar-refractivity contribution >= 4 is 45.9 Å². The normalized spacial score (nSPS) is 14.8. The first-order valence-corrected chi connectivity index (χ1v) is 12.6. The molecule has 1 unspecified atom stereocenters. The fourth-order valence-electron chi connectivity index (χ4n) is 4.36. The summed E-state index contributed by atoms with van der Waals surface area (Å²) in [5, 5.41) is 1.90.